The zero-order valence-electron chi connectivity index (χ0n) is 6.96. The first kappa shape index (κ1) is 8.82. The highest BCUT2D eigenvalue weighted by molar-refractivity contribution is 14.1. The first-order valence-corrected chi connectivity index (χ1v) is 5.24. The van der Waals surface area contributed by atoms with Crippen molar-refractivity contribution >= 4 is 22.6 Å². The van der Waals surface area contributed by atoms with Crippen molar-refractivity contribution in [1.82, 2.24) is 0 Å². The van der Waals surface area contributed by atoms with Gasteiger partial charge in [-0.1, -0.05) is 0 Å². The fourth-order valence-corrected chi connectivity index (χ4v) is 1.51. The van der Waals surface area contributed by atoms with Crippen LogP contribution in [0.15, 0.2) is 18.2 Å². The summed E-state index contributed by atoms with van der Waals surface area (Å²) in [4.78, 5) is 0. The van der Waals surface area contributed by atoms with Gasteiger partial charge in [0.05, 0.1) is 11.7 Å². The van der Waals surface area contributed by atoms with Gasteiger partial charge in [-0.3, -0.25) is 0 Å². The van der Waals surface area contributed by atoms with E-state index in [0.717, 1.165) is 22.2 Å². The van der Waals surface area contributed by atoms with E-state index in [1.54, 1.807) is 6.07 Å². The van der Waals surface area contributed by atoms with Crippen LogP contribution in [0.5, 0.6) is 5.75 Å². The average molecular weight is 285 g/mol. The monoisotopic (exact) mass is 285 g/mol. The van der Waals surface area contributed by atoms with Crippen molar-refractivity contribution in [3.05, 3.63) is 27.3 Å². The third-order valence-corrected chi connectivity index (χ3v) is 2.55. The van der Waals surface area contributed by atoms with Crippen LogP contribution >= 0.6 is 22.6 Å². The van der Waals surface area contributed by atoms with Gasteiger partial charge in [0.2, 0.25) is 0 Å². The molecule has 1 aliphatic carbocycles. The molecule has 66 valence electrons. The minimum absolute atomic E-state index is 0.352. The van der Waals surface area contributed by atoms with Gasteiger partial charge in [-0.25, -0.2) is 0 Å². The highest BCUT2D eigenvalue weighted by Crippen LogP contribution is 2.29. The molecule has 0 spiro atoms. The summed E-state index contributed by atoms with van der Waals surface area (Å²) in [6.07, 6.45) is 2.59. The van der Waals surface area contributed by atoms with Crippen molar-refractivity contribution in [3.8, 4) is 11.8 Å². The summed E-state index contributed by atoms with van der Waals surface area (Å²) in [7, 11) is 0. The maximum atomic E-state index is 8.81. The number of ether oxygens (including phenoxy) is 1. The maximum absolute atomic E-state index is 8.81. The van der Waals surface area contributed by atoms with Crippen LogP contribution in [0.1, 0.15) is 18.4 Å². The summed E-state index contributed by atoms with van der Waals surface area (Å²) in [6, 6.07) is 7.76. The fraction of sp³-hybridized carbons (Fsp3) is 0.300. The molecule has 0 atom stereocenters. The highest BCUT2D eigenvalue weighted by Gasteiger charge is 2.24. The van der Waals surface area contributed by atoms with Gasteiger partial charge in [0.1, 0.15) is 11.8 Å². The summed E-state index contributed by atoms with van der Waals surface area (Å²) in [5, 5.41) is 8.81. The van der Waals surface area contributed by atoms with E-state index in [-0.39, 0.29) is 0 Å². The van der Waals surface area contributed by atoms with Gasteiger partial charge in [-0.15, -0.1) is 0 Å². The van der Waals surface area contributed by atoms with Crippen molar-refractivity contribution in [2.75, 3.05) is 0 Å². The standard InChI is InChI=1S/C10H8INO/c11-8-2-1-7(6-12)10(5-8)13-9-3-4-9/h1-2,5,9H,3-4H2. The molecular weight excluding hydrogens is 277 g/mol. The minimum atomic E-state index is 0.352. The van der Waals surface area contributed by atoms with Crippen LogP contribution in [0.3, 0.4) is 0 Å². The Balaban J connectivity index is 2.29. The number of hydrogen-bond donors (Lipinski definition) is 0. The van der Waals surface area contributed by atoms with Crippen molar-refractivity contribution in [3.63, 3.8) is 0 Å². The molecule has 2 nitrogen and oxygen atoms in total. The van der Waals surface area contributed by atoms with Gasteiger partial charge in [-0.2, -0.15) is 5.26 Å². The molecule has 0 N–H and O–H groups in total. The summed E-state index contributed by atoms with van der Waals surface area (Å²) >= 11 is 2.22. The lowest BCUT2D eigenvalue weighted by Crippen LogP contribution is -1.98. The minimum Gasteiger partial charge on any atom is -0.489 e. The third kappa shape index (κ3) is 2.13. The number of rotatable bonds is 2. The quantitative estimate of drug-likeness (QED) is 0.783. The van der Waals surface area contributed by atoms with Crippen LogP contribution in [0.25, 0.3) is 0 Å². The van der Waals surface area contributed by atoms with E-state index in [1.165, 1.54) is 0 Å². The van der Waals surface area contributed by atoms with E-state index in [9.17, 15) is 0 Å². The lowest BCUT2D eigenvalue weighted by Gasteiger charge is -2.05. The van der Waals surface area contributed by atoms with Crippen molar-refractivity contribution in [2.45, 2.75) is 18.9 Å². The predicted molar refractivity (Wildman–Crippen MR) is 57.5 cm³/mol. The van der Waals surface area contributed by atoms with E-state index in [0.29, 0.717) is 11.7 Å². The van der Waals surface area contributed by atoms with Gasteiger partial charge >= 0.3 is 0 Å². The Labute approximate surface area is 90.7 Å². The summed E-state index contributed by atoms with van der Waals surface area (Å²) in [5.41, 5.74) is 0.632. The normalized spacial score (nSPS) is 15.1. The Kier molecular flexibility index (Phi) is 2.40. The maximum Gasteiger partial charge on any atom is 0.138 e. The van der Waals surface area contributed by atoms with Crippen LogP contribution in [0, 0.1) is 14.9 Å². The fourth-order valence-electron chi connectivity index (χ4n) is 1.05. The Morgan fingerprint density at radius 2 is 2.23 bits per heavy atom. The first-order chi connectivity index (χ1) is 6.29. The first-order valence-electron chi connectivity index (χ1n) is 4.16. The molecule has 0 amide bonds. The molecule has 1 aliphatic rings. The molecule has 0 heterocycles. The van der Waals surface area contributed by atoms with Crippen molar-refractivity contribution in [1.29, 1.82) is 5.26 Å². The number of halogens is 1. The van der Waals surface area contributed by atoms with Gasteiger partial charge in [0.15, 0.2) is 0 Å². The van der Waals surface area contributed by atoms with Crippen molar-refractivity contribution < 1.29 is 4.74 Å². The largest absolute Gasteiger partial charge is 0.489 e. The molecule has 1 saturated carbocycles. The second-order valence-electron chi connectivity index (χ2n) is 3.07. The van der Waals surface area contributed by atoms with Crippen LogP contribution in [-0.4, -0.2) is 6.10 Å². The number of nitriles is 1. The topological polar surface area (TPSA) is 33.0 Å². The molecule has 0 aliphatic heterocycles. The number of benzene rings is 1. The van der Waals surface area contributed by atoms with Crippen LogP contribution < -0.4 is 4.74 Å². The van der Waals surface area contributed by atoms with E-state index >= 15 is 0 Å². The lowest BCUT2D eigenvalue weighted by atomic mass is 10.2. The Morgan fingerprint density at radius 1 is 1.46 bits per heavy atom. The second-order valence-corrected chi connectivity index (χ2v) is 4.32. The van der Waals surface area contributed by atoms with E-state index in [2.05, 4.69) is 28.7 Å². The molecule has 0 unspecified atom stereocenters. The van der Waals surface area contributed by atoms with E-state index in [4.69, 9.17) is 10.00 Å². The van der Waals surface area contributed by atoms with Gasteiger partial charge in [-0.05, 0) is 53.6 Å². The number of nitrogens with zero attached hydrogens (tertiary/aromatic N) is 1. The van der Waals surface area contributed by atoms with E-state index in [1.807, 2.05) is 12.1 Å². The average Bonchev–Trinajstić information content (AvgIpc) is 2.89. The van der Waals surface area contributed by atoms with E-state index < -0.39 is 0 Å². The molecule has 2 rings (SSSR count). The van der Waals surface area contributed by atoms with Gasteiger partial charge in [0.25, 0.3) is 0 Å². The van der Waals surface area contributed by atoms with Crippen molar-refractivity contribution in [2.24, 2.45) is 0 Å². The molecule has 0 bridgehead atoms. The van der Waals surface area contributed by atoms with Gasteiger partial charge in [0, 0.05) is 3.57 Å². The summed E-state index contributed by atoms with van der Waals surface area (Å²) < 4.78 is 6.70. The highest BCUT2D eigenvalue weighted by atomic mass is 127. The van der Waals surface area contributed by atoms with Crippen LogP contribution in [0.2, 0.25) is 0 Å². The third-order valence-electron chi connectivity index (χ3n) is 1.88. The second kappa shape index (κ2) is 3.54. The smallest absolute Gasteiger partial charge is 0.138 e. The zero-order valence-corrected chi connectivity index (χ0v) is 9.11. The molecule has 1 aromatic carbocycles. The predicted octanol–water partition coefficient (Wildman–Crippen LogP) is 2.70. The molecular formula is C10H8INO. The summed E-state index contributed by atoms with van der Waals surface area (Å²) in [6.45, 7) is 0. The molecule has 0 saturated heterocycles. The number of hydrogen-bond acceptors (Lipinski definition) is 2. The molecule has 1 aromatic rings. The Bertz CT molecular complexity index is 366. The Morgan fingerprint density at radius 3 is 2.85 bits per heavy atom. The lowest BCUT2D eigenvalue weighted by molar-refractivity contribution is 0.302. The van der Waals surface area contributed by atoms with Crippen LogP contribution in [-0.2, 0) is 0 Å². The molecule has 0 radical (unpaired) electrons. The van der Waals surface area contributed by atoms with Gasteiger partial charge < -0.3 is 4.74 Å². The van der Waals surface area contributed by atoms with Crippen LogP contribution in [0.4, 0.5) is 0 Å². The molecule has 13 heavy (non-hydrogen) atoms. The molecule has 3 heteroatoms. The zero-order chi connectivity index (χ0) is 9.26. The molecule has 0 aromatic heterocycles. The molecule has 1 fully saturated rings. The Hall–Kier alpha value is -0.760. The SMILES string of the molecule is N#Cc1ccc(I)cc1OC1CC1. The summed E-state index contributed by atoms with van der Waals surface area (Å²) in [5.74, 6) is 0.733.